The van der Waals surface area contributed by atoms with Crippen LogP contribution in [0.15, 0.2) is 40.1 Å². The Bertz CT molecular complexity index is 1100. The molecule has 8 nitrogen and oxygen atoms in total. The minimum Gasteiger partial charge on any atom is -0.496 e. The third-order valence-electron chi connectivity index (χ3n) is 5.34. The van der Waals surface area contributed by atoms with E-state index in [0.29, 0.717) is 36.1 Å². The Kier molecular flexibility index (Phi) is 7.48. The monoisotopic (exact) mass is 488 g/mol. The highest BCUT2D eigenvalue weighted by molar-refractivity contribution is 8.01. The molecule has 2 heterocycles. The van der Waals surface area contributed by atoms with Gasteiger partial charge in [-0.15, -0.1) is 0 Å². The van der Waals surface area contributed by atoms with Crippen LogP contribution in [0.5, 0.6) is 5.75 Å². The van der Waals surface area contributed by atoms with Gasteiger partial charge in [-0.25, -0.2) is 4.98 Å². The number of thiazole rings is 1. The van der Waals surface area contributed by atoms with Gasteiger partial charge in [0.15, 0.2) is 5.13 Å². The van der Waals surface area contributed by atoms with E-state index in [-0.39, 0.29) is 17.7 Å². The fourth-order valence-electron chi connectivity index (χ4n) is 3.72. The molecular formula is C23H28N4O4S2. The Hall–Kier alpha value is -2.85. The van der Waals surface area contributed by atoms with Gasteiger partial charge < -0.3 is 19.9 Å². The van der Waals surface area contributed by atoms with Gasteiger partial charge in [0.1, 0.15) is 5.75 Å². The smallest absolute Gasteiger partial charge is 0.258 e. The van der Waals surface area contributed by atoms with Crippen molar-refractivity contribution in [2.75, 3.05) is 32.1 Å². The van der Waals surface area contributed by atoms with Crippen molar-refractivity contribution in [2.45, 2.75) is 42.3 Å². The van der Waals surface area contributed by atoms with Gasteiger partial charge in [0, 0.05) is 31.5 Å². The molecule has 3 amide bonds. The number of aromatic nitrogens is 1. The molecule has 0 spiro atoms. The molecule has 3 rings (SSSR count). The average molecular weight is 489 g/mol. The van der Waals surface area contributed by atoms with E-state index >= 15 is 0 Å². The molecule has 1 aromatic heterocycles. The van der Waals surface area contributed by atoms with Gasteiger partial charge in [-0.1, -0.05) is 29.7 Å². The summed E-state index contributed by atoms with van der Waals surface area (Å²) in [6, 6.07) is 3.70. The van der Waals surface area contributed by atoms with E-state index in [1.807, 2.05) is 32.9 Å². The molecule has 0 atom stereocenters. The maximum absolute atomic E-state index is 13.6. The summed E-state index contributed by atoms with van der Waals surface area (Å²) in [6.45, 7) is 12.1. The molecule has 0 saturated carbocycles. The van der Waals surface area contributed by atoms with Gasteiger partial charge in [0.05, 0.1) is 28.6 Å². The van der Waals surface area contributed by atoms with Crippen LogP contribution in [0.4, 0.5) is 5.13 Å². The number of hydrogen-bond acceptors (Lipinski definition) is 7. The molecule has 1 aliphatic rings. The first-order valence-corrected chi connectivity index (χ1v) is 12.0. The number of amides is 3. The predicted octanol–water partition coefficient (Wildman–Crippen LogP) is 3.82. The van der Waals surface area contributed by atoms with E-state index in [2.05, 4.69) is 16.9 Å². The van der Waals surface area contributed by atoms with Crippen molar-refractivity contribution in [1.82, 2.24) is 14.8 Å². The maximum Gasteiger partial charge on any atom is 0.258 e. The molecule has 1 N–H and O–H groups in total. The molecular weight excluding hydrogens is 460 g/mol. The second-order valence-electron chi connectivity index (χ2n) is 8.32. The molecule has 0 radical (unpaired) electrons. The van der Waals surface area contributed by atoms with E-state index in [0.717, 1.165) is 14.7 Å². The summed E-state index contributed by atoms with van der Waals surface area (Å²) >= 11 is 2.85. The highest BCUT2D eigenvalue weighted by Crippen LogP contribution is 2.39. The Morgan fingerprint density at radius 3 is 2.64 bits per heavy atom. The van der Waals surface area contributed by atoms with E-state index in [1.165, 1.54) is 36.1 Å². The summed E-state index contributed by atoms with van der Waals surface area (Å²) in [5, 5.41) is 3.21. The second kappa shape index (κ2) is 9.96. The van der Waals surface area contributed by atoms with Gasteiger partial charge in [0.25, 0.3) is 5.91 Å². The third-order valence-corrected chi connectivity index (χ3v) is 7.51. The zero-order valence-corrected chi connectivity index (χ0v) is 21.1. The van der Waals surface area contributed by atoms with Crippen molar-refractivity contribution in [3.63, 3.8) is 0 Å². The number of nitrogens with zero attached hydrogens (tertiary/aromatic N) is 3. The molecule has 1 fully saturated rings. The summed E-state index contributed by atoms with van der Waals surface area (Å²) in [7, 11) is 1.55. The first-order valence-electron chi connectivity index (χ1n) is 10.4. The SMILES string of the molecule is C=CC(=O)N1CCN(C(=O)c2cc(Sc3cnc(NC(C)=O)s3)c(C)cc2OC)C(C)(C)C1. The molecule has 0 bridgehead atoms. The van der Waals surface area contributed by atoms with Gasteiger partial charge >= 0.3 is 0 Å². The Morgan fingerprint density at radius 2 is 2.03 bits per heavy atom. The number of rotatable bonds is 6. The van der Waals surface area contributed by atoms with Crippen LogP contribution >= 0.6 is 23.1 Å². The molecule has 2 aromatic rings. The Balaban J connectivity index is 1.88. The third kappa shape index (κ3) is 5.56. The normalized spacial score (nSPS) is 15.2. The number of nitrogens with one attached hydrogen (secondary N) is 1. The van der Waals surface area contributed by atoms with Crippen molar-refractivity contribution in [3.8, 4) is 5.75 Å². The van der Waals surface area contributed by atoms with Crippen molar-refractivity contribution in [1.29, 1.82) is 0 Å². The average Bonchev–Trinajstić information content (AvgIpc) is 3.19. The second-order valence-corrected chi connectivity index (χ2v) is 10.7. The molecule has 0 unspecified atom stereocenters. The molecule has 33 heavy (non-hydrogen) atoms. The molecule has 1 saturated heterocycles. The molecule has 0 aliphatic carbocycles. The van der Waals surface area contributed by atoms with E-state index < -0.39 is 5.54 Å². The highest BCUT2D eigenvalue weighted by Gasteiger charge is 2.39. The van der Waals surface area contributed by atoms with Gasteiger partial charge in [-0.3, -0.25) is 14.4 Å². The summed E-state index contributed by atoms with van der Waals surface area (Å²) in [4.78, 5) is 45.6. The number of benzene rings is 1. The number of carbonyl (C=O) groups is 3. The fourth-order valence-corrected chi connectivity index (χ4v) is 5.71. The molecule has 1 aliphatic heterocycles. The van der Waals surface area contributed by atoms with E-state index in [1.54, 1.807) is 23.1 Å². The fraction of sp³-hybridized carbons (Fsp3) is 0.391. The van der Waals surface area contributed by atoms with Crippen molar-refractivity contribution in [3.05, 3.63) is 42.1 Å². The largest absolute Gasteiger partial charge is 0.496 e. The van der Waals surface area contributed by atoms with Crippen molar-refractivity contribution < 1.29 is 19.1 Å². The van der Waals surface area contributed by atoms with Crippen molar-refractivity contribution >= 4 is 46.0 Å². The number of ether oxygens (including phenoxy) is 1. The number of piperazine rings is 1. The maximum atomic E-state index is 13.6. The lowest BCUT2D eigenvalue weighted by Crippen LogP contribution is -2.61. The number of anilines is 1. The van der Waals surface area contributed by atoms with Crippen LogP contribution in [0.25, 0.3) is 0 Å². The lowest BCUT2D eigenvalue weighted by atomic mass is 9.96. The summed E-state index contributed by atoms with van der Waals surface area (Å²) in [5.41, 5.74) is 0.875. The minimum absolute atomic E-state index is 0.134. The molecule has 1 aromatic carbocycles. The van der Waals surface area contributed by atoms with Crippen LogP contribution in [0.3, 0.4) is 0 Å². The van der Waals surface area contributed by atoms with Gasteiger partial charge in [-0.2, -0.15) is 0 Å². The lowest BCUT2D eigenvalue weighted by Gasteiger charge is -2.47. The topological polar surface area (TPSA) is 91.8 Å². The zero-order chi connectivity index (χ0) is 24.3. The highest BCUT2D eigenvalue weighted by atomic mass is 32.2. The lowest BCUT2D eigenvalue weighted by molar-refractivity contribution is -0.130. The summed E-state index contributed by atoms with van der Waals surface area (Å²) in [6.07, 6.45) is 3.00. The van der Waals surface area contributed by atoms with Gasteiger partial charge in [-0.05, 0) is 44.5 Å². The van der Waals surface area contributed by atoms with Crippen LogP contribution < -0.4 is 10.1 Å². The number of methoxy groups -OCH3 is 1. The predicted molar refractivity (Wildman–Crippen MR) is 130 cm³/mol. The van der Waals surface area contributed by atoms with E-state index in [4.69, 9.17) is 4.74 Å². The number of aryl methyl sites for hydroxylation is 1. The van der Waals surface area contributed by atoms with Crippen molar-refractivity contribution in [2.24, 2.45) is 0 Å². The quantitative estimate of drug-likeness (QED) is 0.622. The Labute approximate surface area is 202 Å². The molecule has 176 valence electrons. The van der Waals surface area contributed by atoms with Crippen LogP contribution in [0.1, 0.15) is 36.7 Å². The first-order chi connectivity index (χ1) is 15.6. The zero-order valence-electron chi connectivity index (χ0n) is 19.4. The Morgan fingerprint density at radius 1 is 1.30 bits per heavy atom. The van der Waals surface area contributed by atoms with Crippen LogP contribution in [0.2, 0.25) is 0 Å². The number of carbonyl (C=O) groups excluding carboxylic acids is 3. The van der Waals surface area contributed by atoms with Gasteiger partial charge in [0.2, 0.25) is 11.8 Å². The minimum atomic E-state index is -0.553. The number of hydrogen-bond donors (Lipinski definition) is 1. The van der Waals surface area contributed by atoms with Crippen LogP contribution in [0, 0.1) is 6.92 Å². The van der Waals surface area contributed by atoms with E-state index in [9.17, 15) is 14.4 Å². The van der Waals surface area contributed by atoms with Crippen LogP contribution in [-0.4, -0.2) is 64.8 Å². The first kappa shape index (κ1) is 24.8. The summed E-state index contributed by atoms with van der Waals surface area (Å²) in [5.74, 6) is 0.0509. The molecule has 10 heteroatoms. The summed E-state index contributed by atoms with van der Waals surface area (Å²) < 4.78 is 6.44. The van der Waals surface area contributed by atoms with Crippen LogP contribution in [-0.2, 0) is 9.59 Å². The standard InChI is InChI=1S/C23H28N4O4S2/c1-7-19(29)26-8-9-27(23(4,5)13-26)21(30)16-11-18(14(2)10-17(16)31-6)32-20-12-24-22(33-20)25-15(3)28/h7,10-12H,1,8-9,13H2,2-6H3,(H,24,25,28).